The summed E-state index contributed by atoms with van der Waals surface area (Å²) in [5.74, 6) is 0. The van der Waals surface area contributed by atoms with Crippen molar-refractivity contribution in [1.29, 1.82) is 0 Å². The van der Waals surface area contributed by atoms with E-state index in [1.165, 1.54) is 22.7 Å². The molecule has 0 unspecified atom stereocenters. The zero-order valence-corrected chi connectivity index (χ0v) is 14.1. The van der Waals surface area contributed by atoms with E-state index in [1.807, 2.05) is 11.3 Å². The van der Waals surface area contributed by atoms with Gasteiger partial charge in [0, 0.05) is 16.3 Å². The quantitative estimate of drug-likeness (QED) is 0.728. The second-order valence-electron chi connectivity index (χ2n) is 6.07. The third kappa shape index (κ3) is 6.07. The zero-order chi connectivity index (χ0) is 14.3. The van der Waals surface area contributed by atoms with Gasteiger partial charge in [-0.1, -0.05) is 34.6 Å². The van der Waals surface area contributed by atoms with E-state index in [1.54, 1.807) is 0 Å². The fourth-order valence-corrected chi connectivity index (χ4v) is 3.09. The van der Waals surface area contributed by atoms with Crippen molar-refractivity contribution in [1.82, 2.24) is 10.2 Å². The van der Waals surface area contributed by atoms with Crippen LogP contribution >= 0.6 is 11.3 Å². The predicted molar refractivity (Wildman–Crippen MR) is 87.1 cm³/mol. The van der Waals surface area contributed by atoms with Gasteiger partial charge in [0.1, 0.15) is 0 Å². The largest absolute Gasteiger partial charge is 0.312 e. The van der Waals surface area contributed by atoms with Gasteiger partial charge in [0.2, 0.25) is 0 Å². The van der Waals surface area contributed by atoms with Gasteiger partial charge < -0.3 is 10.2 Å². The molecule has 0 spiro atoms. The molecule has 0 aromatic carbocycles. The third-order valence-electron chi connectivity index (χ3n) is 3.42. The molecule has 2 nitrogen and oxygen atoms in total. The molecule has 0 aliphatic carbocycles. The molecule has 0 radical (unpaired) electrons. The van der Waals surface area contributed by atoms with Gasteiger partial charge in [-0.25, -0.2) is 0 Å². The van der Waals surface area contributed by atoms with Crippen LogP contribution in [0.3, 0.4) is 0 Å². The Labute approximate surface area is 123 Å². The summed E-state index contributed by atoms with van der Waals surface area (Å²) in [7, 11) is 0. The Hall–Kier alpha value is -0.380. The summed E-state index contributed by atoms with van der Waals surface area (Å²) in [6.07, 6.45) is 1.24. The van der Waals surface area contributed by atoms with Gasteiger partial charge >= 0.3 is 0 Å². The zero-order valence-electron chi connectivity index (χ0n) is 13.3. The van der Waals surface area contributed by atoms with E-state index in [-0.39, 0.29) is 5.41 Å². The van der Waals surface area contributed by atoms with Crippen molar-refractivity contribution in [3.63, 3.8) is 0 Å². The Morgan fingerprint density at radius 2 is 1.84 bits per heavy atom. The molecule has 1 heterocycles. The molecule has 0 amide bonds. The summed E-state index contributed by atoms with van der Waals surface area (Å²) in [4.78, 5) is 5.41. The standard InChI is InChI=1S/C16H30N2S/c1-6-18(7-2)12-8-11-17-13-14-9-10-15(19-14)16(3,4)5/h9-10,17H,6-8,11-13H2,1-5H3. The first-order chi connectivity index (χ1) is 8.97. The van der Waals surface area contributed by atoms with Crippen LogP contribution < -0.4 is 5.32 Å². The molecule has 0 bridgehead atoms. The van der Waals surface area contributed by atoms with Crippen LogP contribution in [0, 0.1) is 0 Å². The molecular weight excluding hydrogens is 252 g/mol. The maximum Gasteiger partial charge on any atom is 0.0299 e. The van der Waals surface area contributed by atoms with E-state index < -0.39 is 0 Å². The smallest absolute Gasteiger partial charge is 0.0299 e. The van der Waals surface area contributed by atoms with Crippen LogP contribution in [0.25, 0.3) is 0 Å². The summed E-state index contributed by atoms with van der Waals surface area (Å²) in [6, 6.07) is 4.54. The highest BCUT2D eigenvalue weighted by molar-refractivity contribution is 7.12. The lowest BCUT2D eigenvalue weighted by Crippen LogP contribution is -2.27. The minimum Gasteiger partial charge on any atom is -0.312 e. The van der Waals surface area contributed by atoms with E-state index in [9.17, 15) is 0 Å². The number of hydrogen-bond donors (Lipinski definition) is 1. The molecule has 19 heavy (non-hydrogen) atoms. The van der Waals surface area contributed by atoms with Gasteiger partial charge in [-0.2, -0.15) is 0 Å². The highest BCUT2D eigenvalue weighted by Crippen LogP contribution is 2.29. The Morgan fingerprint density at radius 1 is 1.16 bits per heavy atom. The number of nitrogens with zero attached hydrogens (tertiary/aromatic N) is 1. The van der Waals surface area contributed by atoms with Crippen LogP contribution in [0.4, 0.5) is 0 Å². The second-order valence-corrected chi connectivity index (χ2v) is 7.24. The monoisotopic (exact) mass is 282 g/mol. The summed E-state index contributed by atoms with van der Waals surface area (Å²) in [6.45, 7) is 17.0. The molecule has 1 aromatic rings. The number of thiophene rings is 1. The number of hydrogen-bond acceptors (Lipinski definition) is 3. The first kappa shape index (κ1) is 16.7. The average molecular weight is 282 g/mol. The van der Waals surface area contributed by atoms with Crippen molar-refractivity contribution in [3.05, 3.63) is 21.9 Å². The van der Waals surface area contributed by atoms with Crippen LogP contribution in [0.1, 0.15) is 50.8 Å². The summed E-state index contributed by atoms with van der Waals surface area (Å²) >= 11 is 1.94. The Balaban J connectivity index is 2.21. The van der Waals surface area contributed by atoms with Crippen molar-refractivity contribution >= 4 is 11.3 Å². The number of nitrogens with one attached hydrogen (secondary N) is 1. The highest BCUT2D eigenvalue weighted by Gasteiger charge is 2.15. The van der Waals surface area contributed by atoms with Gasteiger partial charge in [-0.15, -0.1) is 11.3 Å². The Kier molecular flexibility index (Phi) is 7.05. The summed E-state index contributed by atoms with van der Waals surface area (Å²) in [5, 5.41) is 3.55. The topological polar surface area (TPSA) is 15.3 Å². The highest BCUT2D eigenvalue weighted by atomic mass is 32.1. The van der Waals surface area contributed by atoms with Crippen LogP contribution in [-0.4, -0.2) is 31.1 Å². The van der Waals surface area contributed by atoms with E-state index in [0.717, 1.165) is 26.2 Å². The molecule has 1 aromatic heterocycles. The lowest BCUT2D eigenvalue weighted by Gasteiger charge is -2.17. The SMILES string of the molecule is CCN(CC)CCCNCc1ccc(C(C)(C)C)s1. The van der Waals surface area contributed by atoms with Gasteiger partial charge in [-0.3, -0.25) is 0 Å². The molecule has 3 heteroatoms. The van der Waals surface area contributed by atoms with Crippen molar-refractivity contribution in [2.24, 2.45) is 0 Å². The lowest BCUT2D eigenvalue weighted by molar-refractivity contribution is 0.298. The van der Waals surface area contributed by atoms with E-state index in [0.29, 0.717) is 0 Å². The molecule has 0 saturated carbocycles. The summed E-state index contributed by atoms with van der Waals surface area (Å²) in [5.41, 5.74) is 0.283. The maximum atomic E-state index is 3.55. The van der Waals surface area contributed by atoms with Crippen molar-refractivity contribution in [2.45, 2.75) is 53.0 Å². The minimum atomic E-state index is 0.283. The van der Waals surface area contributed by atoms with Crippen LogP contribution in [0.15, 0.2) is 12.1 Å². The molecule has 1 rings (SSSR count). The Bertz CT molecular complexity index is 348. The first-order valence-corrected chi connectivity index (χ1v) is 8.31. The van der Waals surface area contributed by atoms with Gasteiger partial charge in [0.15, 0.2) is 0 Å². The van der Waals surface area contributed by atoms with Crippen molar-refractivity contribution in [2.75, 3.05) is 26.2 Å². The normalized spacial score (nSPS) is 12.3. The Morgan fingerprint density at radius 3 is 2.37 bits per heavy atom. The van der Waals surface area contributed by atoms with E-state index in [4.69, 9.17) is 0 Å². The molecule has 0 aliphatic heterocycles. The average Bonchev–Trinajstić information content (AvgIpc) is 2.82. The third-order valence-corrected chi connectivity index (χ3v) is 4.93. The molecular formula is C16H30N2S. The number of rotatable bonds is 8. The van der Waals surface area contributed by atoms with Crippen LogP contribution in [-0.2, 0) is 12.0 Å². The van der Waals surface area contributed by atoms with Crippen LogP contribution in [0.5, 0.6) is 0 Å². The summed E-state index contributed by atoms with van der Waals surface area (Å²) < 4.78 is 0. The molecule has 0 fully saturated rings. The van der Waals surface area contributed by atoms with Gasteiger partial charge in [-0.05, 0) is 50.1 Å². The van der Waals surface area contributed by atoms with Gasteiger partial charge in [0.05, 0.1) is 0 Å². The lowest BCUT2D eigenvalue weighted by atomic mass is 9.95. The van der Waals surface area contributed by atoms with Crippen LogP contribution in [0.2, 0.25) is 0 Å². The van der Waals surface area contributed by atoms with Gasteiger partial charge in [0.25, 0.3) is 0 Å². The maximum absolute atomic E-state index is 3.55. The molecule has 0 saturated heterocycles. The molecule has 0 atom stereocenters. The first-order valence-electron chi connectivity index (χ1n) is 7.49. The molecule has 110 valence electrons. The van der Waals surface area contributed by atoms with Crippen molar-refractivity contribution in [3.8, 4) is 0 Å². The van der Waals surface area contributed by atoms with E-state index >= 15 is 0 Å². The fourth-order valence-electron chi connectivity index (χ4n) is 2.06. The predicted octanol–water partition coefficient (Wildman–Crippen LogP) is 3.87. The fraction of sp³-hybridized carbons (Fsp3) is 0.750. The minimum absolute atomic E-state index is 0.283. The van der Waals surface area contributed by atoms with Crippen molar-refractivity contribution < 1.29 is 0 Å². The molecule has 1 N–H and O–H groups in total. The molecule has 0 aliphatic rings. The van der Waals surface area contributed by atoms with E-state index in [2.05, 4.69) is 57.0 Å². The second kappa shape index (κ2) is 8.03.